The maximum Gasteiger partial charge on any atom is 0.0644 e. The van der Waals surface area contributed by atoms with Gasteiger partial charge in [-0.25, -0.2) is 0 Å². The predicted octanol–water partition coefficient (Wildman–Crippen LogP) is 7.68. The SMILES string of the molecule is CC1(C)c2ccccc2-n2c3ccc(N(c4ccncc4)c4cccnc4)cc3c3cccc1c32. The van der Waals surface area contributed by atoms with Crippen molar-refractivity contribution in [3.05, 3.63) is 121 Å². The maximum atomic E-state index is 4.39. The van der Waals surface area contributed by atoms with Gasteiger partial charge in [-0.1, -0.05) is 50.2 Å². The Bertz CT molecular complexity index is 1680. The molecule has 0 unspecified atom stereocenters. The quantitative estimate of drug-likeness (QED) is 0.276. The highest BCUT2D eigenvalue weighted by Gasteiger charge is 2.34. The molecule has 0 spiro atoms. The van der Waals surface area contributed by atoms with E-state index in [0.29, 0.717) is 0 Å². The van der Waals surface area contributed by atoms with Crippen molar-refractivity contribution in [3.63, 3.8) is 0 Å². The first-order valence-corrected chi connectivity index (χ1v) is 11.9. The fourth-order valence-corrected chi connectivity index (χ4v) is 5.72. The molecule has 3 aromatic carbocycles. The second-order valence-electron chi connectivity index (χ2n) is 9.63. The summed E-state index contributed by atoms with van der Waals surface area (Å²) < 4.78 is 2.45. The van der Waals surface area contributed by atoms with E-state index >= 15 is 0 Å². The van der Waals surface area contributed by atoms with Crippen LogP contribution < -0.4 is 4.90 Å². The van der Waals surface area contributed by atoms with Crippen LogP contribution in [-0.2, 0) is 5.41 Å². The van der Waals surface area contributed by atoms with Crippen molar-refractivity contribution in [2.45, 2.75) is 19.3 Å². The van der Waals surface area contributed by atoms with Crippen molar-refractivity contribution in [1.29, 1.82) is 0 Å². The minimum Gasteiger partial charge on any atom is -0.309 e. The molecule has 0 aliphatic carbocycles. The summed E-state index contributed by atoms with van der Waals surface area (Å²) in [4.78, 5) is 10.8. The standard InChI is InChI=1S/C31H24N4/c1-31(2)26-9-3-4-11-29(26)35-28-13-12-22(19-25(28)24-8-5-10-27(31)30(24)35)34(21-14-17-32-18-15-21)23-7-6-16-33-20-23/h3-20H,1-2H3. The number of benzene rings is 3. The molecule has 0 bridgehead atoms. The largest absolute Gasteiger partial charge is 0.309 e. The molecule has 1 aliphatic rings. The number of pyridine rings is 2. The van der Waals surface area contributed by atoms with E-state index in [9.17, 15) is 0 Å². The number of rotatable bonds is 3. The number of aromatic nitrogens is 3. The van der Waals surface area contributed by atoms with Crippen molar-refractivity contribution in [2.24, 2.45) is 0 Å². The Morgan fingerprint density at radius 2 is 1.49 bits per heavy atom. The van der Waals surface area contributed by atoms with Gasteiger partial charge < -0.3 is 9.47 Å². The van der Waals surface area contributed by atoms with Gasteiger partial charge in [-0.3, -0.25) is 9.97 Å². The van der Waals surface area contributed by atoms with Gasteiger partial charge in [0.05, 0.1) is 28.6 Å². The lowest BCUT2D eigenvalue weighted by Gasteiger charge is -2.34. The van der Waals surface area contributed by atoms with Crippen molar-refractivity contribution in [3.8, 4) is 5.69 Å². The zero-order valence-electron chi connectivity index (χ0n) is 19.7. The van der Waals surface area contributed by atoms with Gasteiger partial charge in [0.1, 0.15) is 0 Å². The van der Waals surface area contributed by atoms with Crippen LogP contribution >= 0.6 is 0 Å². The lowest BCUT2D eigenvalue weighted by molar-refractivity contribution is 0.630. The van der Waals surface area contributed by atoms with Crippen LogP contribution in [0.2, 0.25) is 0 Å². The molecule has 0 atom stereocenters. The fourth-order valence-electron chi connectivity index (χ4n) is 5.72. The third-order valence-electron chi connectivity index (χ3n) is 7.35. The molecule has 35 heavy (non-hydrogen) atoms. The van der Waals surface area contributed by atoms with Gasteiger partial charge in [0.25, 0.3) is 0 Å². The summed E-state index contributed by atoms with van der Waals surface area (Å²) in [5.74, 6) is 0. The molecule has 0 amide bonds. The van der Waals surface area contributed by atoms with E-state index in [2.05, 4.69) is 100 Å². The molecule has 0 N–H and O–H groups in total. The molecule has 0 saturated carbocycles. The van der Waals surface area contributed by atoms with E-state index in [1.54, 1.807) is 6.20 Å². The minimum atomic E-state index is -0.0674. The van der Waals surface area contributed by atoms with Gasteiger partial charge >= 0.3 is 0 Å². The van der Waals surface area contributed by atoms with Crippen molar-refractivity contribution < 1.29 is 0 Å². The Morgan fingerprint density at radius 1 is 0.657 bits per heavy atom. The lowest BCUT2D eigenvalue weighted by atomic mass is 9.75. The highest BCUT2D eigenvalue weighted by molar-refractivity contribution is 6.12. The molecule has 4 heteroatoms. The highest BCUT2D eigenvalue weighted by Crippen LogP contribution is 2.48. The summed E-state index contributed by atoms with van der Waals surface area (Å²) in [5, 5.41) is 2.53. The molecule has 3 aromatic heterocycles. The number of hydrogen-bond acceptors (Lipinski definition) is 3. The lowest BCUT2D eigenvalue weighted by Crippen LogP contribution is -2.26. The highest BCUT2D eigenvalue weighted by atomic mass is 15.1. The van der Waals surface area contributed by atoms with Crippen LogP contribution in [0.25, 0.3) is 27.5 Å². The third-order valence-corrected chi connectivity index (χ3v) is 7.35. The van der Waals surface area contributed by atoms with E-state index in [4.69, 9.17) is 0 Å². The Kier molecular flexibility index (Phi) is 4.15. The normalized spacial score (nSPS) is 13.7. The van der Waals surface area contributed by atoms with Gasteiger partial charge in [0, 0.05) is 46.2 Å². The second-order valence-corrected chi connectivity index (χ2v) is 9.63. The average Bonchev–Trinajstić information content (AvgIpc) is 3.23. The van der Waals surface area contributed by atoms with Crippen LogP contribution in [0.5, 0.6) is 0 Å². The summed E-state index contributed by atoms with van der Waals surface area (Å²) in [5.41, 5.74) is 9.60. The van der Waals surface area contributed by atoms with E-state index in [-0.39, 0.29) is 5.41 Å². The summed E-state index contributed by atoms with van der Waals surface area (Å²) in [6.07, 6.45) is 7.37. The Morgan fingerprint density at radius 3 is 2.31 bits per heavy atom. The molecule has 4 nitrogen and oxygen atoms in total. The molecule has 0 radical (unpaired) electrons. The first kappa shape index (κ1) is 20.0. The van der Waals surface area contributed by atoms with Gasteiger partial charge in [0.2, 0.25) is 0 Å². The first-order chi connectivity index (χ1) is 17.1. The van der Waals surface area contributed by atoms with Gasteiger partial charge in [-0.2, -0.15) is 0 Å². The Labute approximate surface area is 204 Å². The zero-order chi connectivity index (χ0) is 23.6. The van der Waals surface area contributed by atoms with Crippen LogP contribution in [0.15, 0.2) is 110 Å². The molecule has 6 aromatic rings. The zero-order valence-corrected chi connectivity index (χ0v) is 19.7. The summed E-state index contributed by atoms with van der Waals surface area (Å²) in [7, 11) is 0. The Hall–Kier alpha value is -4.44. The Balaban J connectivity index is 1.55. The molecule has 4 heterocycles. The van der Waals surface area contributed by atoms with E-state index in [1.165, 1.54) is 38.6 Å². The molecular formula is C31H24N4. The minimum absolute atomic E-state index is 0.0674. The van der Waals surface area contributed by atoms with Crippen molar-refractivity contribution in [1.82, 2.24) is 14.5 Å². The average molecular weight is 453 g/mol. The summed E-state index contributed by atoms with van der Waals surface area (Å²) in [6.45, 7) is 4.67. The van der Waals surface area contributed by atoms with Crippen molar-refractivity contribution >= 4 is 38.9 Å². The third kappa shape index (κ3) is 2.80. The molecule has 1 aliphatic heterocycles. The topological polar surface area (TPSA) is 34.0 Å². The number of fused-ring (bicyclic) bond motifs is 5. The maximum absolute atomic E-state index is 4.39. The number of nitrogens with zero attached hydrogens (tertiary/aromatic N) is 4. The van der Waals surface area contributed by atoms with E-state index in [1.807, 2.05) is 36.8 Å². The van der Waals surface area contributed by atoms with Gasteiger partial charge in [-0.15, -0.1) is 0 Å². The summed E-state index contributed by atoms with van der Waals surface area (Å²) >= 11 is 0. The number of anilines is 3. The van der Waals surface area contributed by atoms with E-state index < -0.39 is 0 Å². The fraction of sp³-hybridized carbons (Fsp3) is 0.0968. The number of para-hydroxylation sites is 2. The summed E-state index contributed by atoms with van der Waals surface area (Å²) in [6, 6.07) is 30.5. The van der Waals surface area contributed by atoms with Gasteiger partial charge in [-0.05, 0) is 59.7 Å². The monoisotopic (exact) mass is 452 g/mol. The molecule has 0 saturated heterocycles. The first-order valence-electron chi connectivity index (χ1n) is 11.9. The van der Waals surface area contributed by atoms with Crippen LogP contribution in [0, 0.1) is 0 Å². The smallest absolute Gasteiger partial charge is 0.0644 e. The van der Waals surface area contributed by atoms with Gasteiger partial charge in [0.15, 0.2) is 0 Å². The molecular weight excluding hydrogens is 428 g/mol. The van der Waals surface area contributed by atoms with Crippen LogP contribution in [-0.4, -0.2) is 14.5 Å². The van der Waals surface area contributed by atoms with Crippen LogP contribution in [0.3, 0.4) is 0 Å². The molecule has 168 valence electrons. The second kappa shape index (κ2) is 7.28. The molecule has 0 fully saturated rings. The van der Waals surface area contributed by atoms with Crippen molar-refractivity contribution in [2.75, 3.05) is 4.90 Å². The predicted molar refractivity (Wildman–Crippen MR) is 143 cm³/mol. The molecule has 7 rings (SSSR count). The van der Waals surface area contributed by atoms with Crippen LogP contribution in [0.4, 0.5) is 17.1 Å². The van der Waals surface area contributed by atoms with E-state index in [0.717, 1.165) is 17.1 Å². The number of hydrogen-bond donors (Lipinski definition) is 0. The van der Waals surface area contributed by atoms with Crippen LogP contribution in [0.1, 0.15) is 25.0 Å².